The average molecular weight is 292 g/mol. The van der Waals surface area contributed by atoms with Crippen molar-refractivity contribution in [3.63, 3.8) is 0 Å². The quantitative estimate of drug-likeness (QED) is 0.394. The summed E-state index contributed by atoms with van der Waals surface area (Å²) in [5, 5.41) is 14.5. The zero-order chi connectivity index (χ0) is 14.7. The van der Waals surface area contributed by atoms with E-state index in [4.69, 9.17) is 0 Å². The highest BCUT2D eigenvalue weighted by Crippen LogP contribution is 2.33. The van der Waals surface area contributed by atoms with Gasteiger partial charge in [-0.1, -0.05) is 0 Å². The Morgan fingerprint density at radius 2 is 1.90 bits per heavy atom. The summed E-state index contributed by atoms with van der Waals surface area (Å²) in [4.78, 5) is 27.0. The summed E-state index contributed by atoms with van der Waals surface area (Å²) < 4.78 is 0. The smallest absolute Gasteiger partial charge is 0.322 e. The van der Waals surface area contributed by atoms with Crippen LogP contribution in [0.5, 0.6) is 0 Å². The topological polar surface area (TPSA) is 107 Å². The maximum atomic E-state index is 11.1. The predicted molar refractivity (Wildman–Crippen MR) is 73.9 cm³/mol. The number of anilines is 1. The maximum absolute atomic E-state index is 11.1. The number of nitrogens with one attached hydrogen (secondary N) is 1. The van der Waals surface area contributed by atoms with Crippen LogP contribution < -0.4 is 5.32 Å². The summed E-state index contributed by atoms with van der Waals surface area (Å²) in [5.41, 5.74) is 1.08. The van der Waals surface area contributed by atoms with Crippen molar-refractivity contribution in [1.82, 2.24) is 19.9 Å². The summed E-state index contributed by atoms with van der Waals surface area (Å²) in [6.07, 6.45) is 3.29. The van der Waals surface area contributed by atoms with Crippen molar-refractivity contribution in [2.75, 3.05) is 12.4 Å². The van der Waals surface area contributed by atoms with Gasteiger partial charge < -0.3 is 5.32 Å². The van der Waals surface area contributed by atoms with Gasteiger partial charge in [0.05, 0.1) is 4.92 Å². The molecule has 0 radical (unpaired) electrons. The molecule has 2 heterocycles. The minimum absolute atomic E-state index is 0.127. The van der Waals surface area contributed by atoms with Crippen LogP contribution in [0.25, 0.3) is 0 Å². The molecule has 0 amide bonds. The molecule has 0 bridgehead atoms. The molecule has 0 aliphatic carbocycles. The first-order valence-corrected chi connectivity index (χ1v) is 6.50. The van der Waals surface area contributed by atoms with Gasteiger partial charge in [-0.25, -0.2) is 15.0 Å². The molecule has 8 nitrogen and oxygen atoms in total. The highest BCUT2D eigenvalue weighted by Gasteiger charge is 2.23. The molecule has 0 unspecified atom stereocenters. The molecule has 0 atom stereocenters. The summed E-state index contributed by atoms with van der Waals surface area (Å²) in [6, 6.07) is 0. The molecular weight excluding hydrogens is 280 g/mol. The van der Waals surface area contributed by atoms with Crippen LogP contribution in [0.2, 0.25) is 0 Å². The van der Waals surface area contributed by atoms with Crippen molar-refractivity contribution >= 4 is 23.4 Å². The first-order valence-electron chi connectivity index (χ1n) is 5.68. The molecule has 0 aromatic carbocycles. The third kappa shape index (κ3) is 2.99. The van der Waals surface area contributed by atoms with E-state index in [-0.39, 0.29) is 10.7 Å². The average Bonchev–Trinajstić information content (AvgIpc) is 2.40. The van der Waals surface area contributed by atoms with Crippen LogP contribution >= 0.6 is 11.8 Å². The second kappa shape index (κ2) is 5.78. The van der Waals surface area contributed by atoms with Gasteiger partial charge in [0.2, 0.25) is 5.95 Å². The van der Waals surface area contributed by atoms with Crippen molar-refractivity contribution in [1.29, 1.82) is 0 Å². The Kier molecular flexibility index (Phi) is 4.08. The lowest BCUT2D eigenvalue weighted by atomic mass is 10.4. The molecule has 2 rings (SSSR count). The maximum Gasteiger partial charge on any atom is 0.322 e. The van der Waals surface area contributed by atoms with E-state index in [1.54, 1.807) is 26.4 Å². The Morgan fingerprint density at radius 3 is 2.45 bits per heavy atom. The monoisotopic (exact) mass is 292 g/mol. The Hall–Kier alpha value is -2.29. The van der Waals surface area contributed by atoms with Gasteiger partial charge in [-0.2, -0.15) is 4.98 Å². The lowest BCUT2D eigenvalue weighted by molar-refractivity contribution is -0.389. The van der Waals surface area contributed by atoms with Crippen LogP contribution in [0.15, 0.2) is 22.6 Å². The Bertz CT molecular complexity index is 646. The van der Waals surface area contributed by atoms with Crippen LogP contribution in [0, 0.1) is 24.0 Å². The van der Waals surface area contributed by atoms with Gasteiger partial charge in [0.25, 0.3) is 0 Å². The third-order valence-corrected chi connectivity index (χ3v) is 3.25. The minimum Gasteiger partial charge on any atom is -0.357 e. The fourth-order valence-corrected chi connectivity index (χ4v) is 2.29. The van der Waals surface area contributed by atoms with E-state index in [0.29, 0.717) is 16.8 Å². The van der Waals surface area contributed by atoms with Crippen LogP contribution in [-0.4, -0.2) is 31.9 Å². The molecule has 104 valence electrons. The number of nitro groups is 1. The molecule has 2 aromatic heterocycles. The van der Waals surface area contributed by atoms with E-state index in [9.17, 15) is 10.1 Å². The van der Waals surface area contributed by atoms with Crippen LogP contribution in [0.3, 0.4) is 0 Å². The molecule has 20 heavy (non-hydrogen) atoms. The van der Waals surface area contributed by atoms with Crippen molar-refractivity contribution in [2.24, 2.45) is 0 Å². The van der Waals surface area contributed by atoms with Crippen LogP contribution in [0.1, 0.15) is 11.3 Å². The molecule has 0 aliphatic heterocycles. The van der Waals surface area contributed by atoms with Gasteiger partial charge in [0.15, 0.2) is 10.2 Å². The van der Waals surface area contributed by atoms with Gasteiger partial charge in [-0.3, -0.25) is 10.1 Å². The zero-order valence-corrected chi connectivity index (χ0v) is 11.9. The van der Waals surface area contributed by atoms with Crippen molar-refractivity contribution in [3.05, 3.63) is 33.8 Å². The first kappa shape index (κ1) is 14.1. The number of hydrogen-bond acceptors (Lipinski definition) is 8. The van der Waals surface area contributed by atoms with E-state index in [1.165, 1.54) is 0 Å². The lowest BCUT2D eigenvalue weighted by Gasteiger charge is -2.06. The van der Waals surface area contributed by atoms with E-state index < -0.39 is 4.92 Å². The Morgan fingerprint density at radius 1 is 1.25 bits per heavy atom. The zero-order valence-electron chi connectivity index (χ0n) is 11.1. The molecule has 2 aromatic rings. The normalized spacial score (nSPS) is 10.3. The second-order valence-electron chi connectivity index (χ2n) is 3.94. The van der Waals surface area contributed by atoms with E-state index >= 15 is 0 Å². The van der Waals surface area contributed by atoms with Crippen molar-refractivity contribution in [2.45, 2.75) is 24.0 Å². The van der Waals surface area contributed by atoms with Crippen LogP contribution in [0.4, 0.5) is 11.6 Å². The molecule has 1 N–H and O–H groups in total. The van der Waals surface area contributed by atoms with Gasteiger partial charge in [0, 0.05) is 19.4 Å². The second-order valence-corrected chi connectivity index (χ2v) is 4.89. The third-order valence-electron chi connectivity index (χ3n) is 2.38. The fourth-order valence-electron chi connectivity index (χ4n) is 1.45. The summed E-state index contributed by atoms with van der Waals surface area (Å²) in [7, 11) is 1.65. The van der Waals surface area contributed by atoms with Crippen molar-refractivity contribution < 1.29 is 4.92 Å². The summed E-state index contributed by atoms with van der Waals surface area (Å²) >= 11 is 1.04. The molecule has 0 fully saturated rings. The molecule has 9 heteroatoms. The number of hydrogen-bond donors (Lipinski definition) is 1. The van der Waals surface area contributed by atoms with Gasteiger partial charge >= 0.3 is 5.69 Å². The molecular formula is C11H12N6O2S. The van der Waals surface area contributed by atoms with Gasteiger partial charge in [0.1, 0.15) is 5.69 Å². The highest BCUT2D eigenvalue weighted by molar-refractivity contribution is 7.99. The Balaban J connectivity index is 2.45. The van der Waals surface area contributed by atoms with Gasteiger partial charge in [-0.05, 0) is 31.2 Å². The summed E-state index contributed by atoms with van der Waals surface area (Å²) in [6.45, 7) is 3.44. The van der Waals surface area contributed by atoms with Gasteiger partial charge in [-0.15, -0.1) is 0 Å². The van der Waals surface area contributed by atoms with E-state index in [1.807, 2.05) is 6.92 Å². The largest absolute Gasteiger partial charge is 0.357 e. The minimum atomic E-state index is -0.495. The number of aromatic nitrogens is 4. The number of rotatable bonds is 4. The fraction of sp³-hybridized carbons (Fsp3) is 0.273. The summed E-state index contributed by atoms with van der Waals surface area (Å²) in [5.74, 6) is 0.322. The van der Waals surface area contributed by atoms with Crippen molar-refractivity contribution in [3.8, 4) is 0 Å². The number of aryl methyl sites for hydroxylation is 2. The predicted octanol–water partition coefficient (Wildman–Crippen LogP) is 1.98. The lowest BCUT2D eigenvalue weighted by Crippen LogP contribution is -2.04. The number of nitrogens with zero attached hydrogens (tertiary/aromatic N) is 5. The Labute approximate surface area is 119 Å². The SMILES string of the molecule is CNc1nc(C)c([N+](=O)[O-])c(Sc2ncc(C)cn2)n1. The molecule has 0 spiro atoms. The van der Waals surface area contributed by atoms with E-state index in [2.05, 4.69) is 25.3 Å². The molecule has 0 aliphatic rings. The van der Waals surface area contributed by atoms with E-state index in [0.717, 1.165) is 17.3 Å². The van der Waals surface area contributed by atoms with Crippen LogP contribution in [-0.2, 0) is 0 Å². The highest BCUT2D eigenvalue weighted by atomic mass is 32.2. The molecule has 0 saturated carbocycles. The molecule has 0 saturated heterocycles. The standard InChI is InChI=1S/C11H12N6O2S/c1-6-4-13-11(14-5-6)20-9-8(17(18)19)7(2)15-10(12-3)16-9/h4-5H,1-3H3,(H,12,15,16). The first-order chi connectivity index (χ1) is 9.51.